The van der Waals surface area contributed by atoms with Crippen LogP contribution in [0.2, 0.25) is 0 Å². The van der Waals surface area contributed by atoms with Gasteiger partial charge in [0.15, 0.2) is 11.5 Å². The molecular formula is C14H15N5. The Morgan fingerprint density at radius 1 is 1.26 bits per heavy atom. The van der Waals surface area contributed by atoms with Crippen molar-refractivity contribution in [1.82, 2.24) is 14.4 Å². The van der Waals surface area contributed by atoms with Crippen LogP contribution >= 0.6 is 0 Å². The Bertz CT molecular complexity index is 689. The van der Waals surface area contributed by atoms with Crippen LogP contribution in [0.25, 0.3) is 5.65 Å². The number of fused-ring (bicyclic) bond motifs is 1. The Morgan fingerprint density at radius 2 is 2.05 bits per heavy atom. The molecule has 96 valence electrons. The lowest BCUT2D eigenvalue weighted by molar-refractivity contribution is 0.894. The topological polar surface area (TPSA) is 59.5 Å². The number of nitrogens with zero attached hydrogens (tertiary/aromatic N) is 4. The van der Waals surface area contributed by atoms with Crippen molar-refractivity contribution in [1.29, 1.82) is 0 Å². The van der Waals surface area contributed by atoms with Gasteiger partial charge in [0.25, 0.3) is 0 Å². The molecule has 0 aliphatic carbocycles. The largest absolute Gasteiger partial charge is 0.382 e. The highest BCUT2D eigenvalue weighted by Crippen LogP contribution is 2.19. The molecule has 0 fully saturated rings. The van der Waals surface area contributed by atoms with Crippen molar-refractivity contribution >= 4 is 17.3 Å². The minimum absolute atomic E-state index is 0.486. The average molecular weight is 253 g/mol. The standard InChI is InChI=1S/C14H15N5/c1-18(9-11-5-3-2-4-6-11)14-13-16-7-8-19(13)10-12(15)17-14/h2-8,10H,9,15H2,1H3. The van der Waals surface area contributed by atoms with Gasteiger partial charge in [0, 0.05) is 26.0 Å². The number of imidazole rings is 1. The van der Waals surface area contributed by atoms with Crippen LogP contribution in [0.15, 0.2) is 48.9 Å². The summed E-state index contributed by atoms with van der Waals surface area (Å²) in [6.07, 6.45) is 5.38. The summed E-state index contributed by atoms with van der Waals surface area (Å²) in [5, 5.41) is 0. The molecule has 0 radical (unpaired) electrons. The Morgan fingerprint density at radius 3 is 2.84 bits per heavy atom. The van der Waals surface area contributed by atoms with Gasteiger partial charge in [0.1, 0.15) is 5.82 Å². The summed E-state index contributed by atoms with van der Waals surface area (Å²) in [4.78, 5) is 10.8. The van der Waals surface area contributed by atoms with E-state index >= 15 is 0 Å². The minimum Gasteiger partial charge on any atom is -0.382 e. The normalized spacial score (nSPS) is 10.8. The third-order valence-electron chi connectivity index (χ3n) is 3.00. The first-order valence-corrected chi connectivity index (χ1v) is 6.08. The van der Waals surface area contributed by atoms with E-state index in [9.17, 15) is 0 Å². The summed E-state index contributed by atoms with van der Waals surface area (Å²) in [6.45, 7) is 0.764. The van der Waals surface area contributed by atoms with Crippen LogP contribution in [0, 0.1) is 0 Å². The molecule has 3 aromatic rings. The molecule has 19 heavy (non-hydrogen) atoms. The van der Waals surface area contributed by atoms with E-state index in [0.29, 0.717) is 5.82 Å². The fourth-order valence-corrected chi connectivity index (χ4v) is 2.12. The maximum absolute atomic E-state index is 5.83. The first kappa shape index (κ1) is 11.5. The van der Waals surface area contributed by atoms with Gasteiger partial charge in [-0.15, -0.1) is 0 Å². The molecule has 0 aliphatic rings. The molecule has 0 unspecified atom stereocenters. The SMILES string of the molecule is CN(Cc1ccccc1)c1nc(N)cn2ccnc12. The van der Waals surface area contributed by atoms with E-state index in [1.165, 1.54) is 5.56 Å². The molecule has 0 aliphatic heterocycles. The van der Waals surface area contributed by atoms with Gasteiger partial charge in [-0.05, 0) is 5.56 Å². The quantitative estimate of drug-likeness (QED) is 0.775. The summed E-state index contributed by atoms with van der Waals surface area (Å²) < 4.78 is 1.89. The van der Waals surface area contributed by atoms with Crippen LogP contribution in [0.5, 0.6) is 0 Å². The molecule has 0 atom stereocenters. The molecule has 0 bridgehead atoms. The van der Waals surface area contributed by atoms with Gasteiger partial charge in [0.05, 0.1) is 6.20 Å². The zero-order valence-corrected chi connectivity index (χ0v) is 10.7. The smallest absolute Gasteiger partial charge is 0.180 e. The first-order chi connectivity index (χ1) is 9.24. The Balaban J connectivity index is 1.97. The monoisotopic (exact) mass is 253 g/mol. The van der Waals surface area contributed by atoms with Gasteiger partial charge in [-0.1, -0.05) is 30.3 Å². The molecule has 0 spiro atoms. The molecular weight excluding hydrogens is 238 g/mol. The van der Waals surface area contributed by atoms with Crippen molar-refractivity contribution < 1.29 is 0 Å². The number of nitrogens with two attached hydrogens (primary N) is 1. The van der Waals surface area contributed by atoms with E-state index in [-0.39, 0.29) is 0 Å². The van der Waals surface area contributed by atoms with Crippen molar-refractivity contribution in [2.75, 3.05) is 17.7 Å². The highest BCUT2D eigenvalue weighted by atomic mass is 15.2. The zero-order valence-electron chi connectivity index (χ0n) is 10.7. The summed E-state index contributed by atoms with van der Waals surface area (Å²) in [6, 6.07) is 10.2. The lowest BCUT2D eigenvalue weighted by atomic mass is 10.2. The van der Waals surface area contributed by atoms with Gasteiger partial charge in [-0.25, -0.2) is 9.97 Å². The lowest BCUT2D eigenvalue weighted by Crippen LogP contribution is -2.19. The van der Waals surface area contributed by atoms with Gasteiger partial charge in [-0.3, -0.25) is 0 Å². The van der Waals surface area contributed by atoms with Crippen molar-refractivity contribution in [3.63, 3.8) is 0 Å². The third kappa shape index (κ3) is 2.22. The number of nitrogen functional groups attached to an aromatic ring is 1. The van der Waals surface area contributed by atoms with Crippen LogP contribution in [-0.4, -0.2) is 21.4 Å². The van der Waals surface area contributed by atoms with E-state index in [1.54, 1.807) is 12.4 Å². The van der Waals surface area contributed by atoms with Crippen LogP contribution in [0.1, 0.15) is 5.56 Å². The number of aromatic nitrogens is 3. The number of benzene rings is 1. The number of hydrogen-bond acceptors (Lipinski definition) is 4. The van der Waals surface area contributed by atoms with Crippen molar-refractivity contribution in [2.45, 2.75) is 6.54 Å². The molecule has 2 N–H and O–H groups in total. The Hall–Kier alpha value is -2.56. The van der Waals surface area contributed by atoms with Crippen molar-refractivity contribution in [3.05, 3.63) is 54.5 Å². The van der Waals surface area contributed by atoms with Gasteiger partial charge in [-0.2, -0.15) is 0 Å². The minimum atomic E-state index is 0.486. The van der Waals surface area contributed by atoms with Crippen LogP contribution in [0.3, 0.4) is 0 Å². The molecule has 3 rings (SSSR count). The zero-order chi connectivity index (χ0) is 13.2. The lowest BCUT2D eigenvalue weighted by Gasteiger charge is -2.19. The maximum Gasteiger partial charge on any atom is 0.180 e. The summed E-state index contributed by atoms with van der Waals surface area (Å²) in [5.41, 5.74) is 7.86. The van der Waals surface area contributed by atoms with Crippen LogP contribution in [0.4, 0.5) is 11.6 Å². The molecule has 5 nitrogen and oxygen atoms in total. The maximum atomic E-state index is 5.83. The fourth-order valence-electron chi connectivity index (χ4n) is 2.12. The molecule has 5 heteroatoms. The molecule has 0 saturated carbocycles. The van der Waals surface area contributed by atoms with Crippen LogP contribution < -0.4 is 10.6 Å². The number of hydrogen-bond donors (Lipinski definition) is 1. The summed E-state index contributed by atoms with van der Waals surface area (Å²) in [5.74, 6) is 1.27. The van der Waals surface area contributed by atoms with E-state index in [4.69, 9.17) is 5.73 Å². The highest BCUT2D eigenvalue weighted by Gasteiger charge is 2.11. The summed E-state index contributed by atoms with van der Waals surface area (Å²) in [7, 11) is 1.99. The molecule has 1 aromatic carbocycles. The van der Waals surface area contributed by atoms with Gasteiger partial charge in [0.2, 0.25) is 0 Å². The van der Waals surface area contributed by atoms with E-state index in [1.807, 2.05) is 40.7 Å². The van der Waals surface area contributed by atoms with E-state index in [0.717, 1.165) is 18.0 Å². The van der Waals surface area contributed by atoms with Crippen molar-refractivity contribution in [2.24, 2.45) is 0 Å². The van der Waals surface area contributed by atoms with E-state index in [2.05, 4.69) is 22.1 Å². The van der Waals surface area contributed by atoms with Gasteiger partial charge >= 0.3 is 0 Å². The average Bonchev–Trinajstić information content (AvgIpc) is 2.86. The number of rotatable bonds is 3. The van der Waals surface area contributed by atoms with Crippen molar-refractivity contribution in [3.8, 4) is 0 Å². The number of anilines is 2. The molecule has 2 heterocycles. The molecule has 2 aromatic heterocycles. The second-order valence-electron chi connectivity index (χ2n) is 4.49. The predicted octanol–water partition coefficient (Wildman–Crippen LogP) is 1.95. The Kier molecular flexibility index (Phi) is 2.79. The Labute approximate surface area is 111 Å². The molecule has 0 amide bonds. The van der Waals surface area contributed by atoms with Crippen LogP contribution in [-0.2, 0) is 6.54 Å². The molecule has 0 saturated heterocycles. The first-order valence-electron chi connectivity index (χ1n) is 6.08. The second-order valence-corrected chi connectivity index (χ2v) is 4.49. The van der Waals surface area contributed by atoms with E-state index < -0.39 is 0 Å². The fraction of sp³-hybridized carbons (Fsp3) is 0.143. The predicted molar refractivity (Wildman–Crippen MR) is 75.9 cm³/mol. The summed E-state index contributed by atoms with van der Waals surface area (Å²) >= 11 is 0. The second kappa shape index (κ2) is 4.61. The highest BCUT2D eigenvalue weighted by molar-refractivity contribution is 5.66. The van der Waals surface area contributed by atoms with Gasteiger partial charge < -0.3 is 15.0 Å². The third-order valence-corrected chi connectivity index (χ3v) is 3.00.